The standard InChI is InChI=1S/C16H20F3N3O2/c1-10(7-11(2)23)8-20-14(24)9-22-13-6-4-3-5-12(13)21-15(22)16(17,18)19/h3-6,10-11,23H,7-9H2,1-2H3,(H,20,24). The molecule has 24 heavy (non-hydrogen) atoms. The van der Waals surface area contributed by atoms with E-state index in [1.807, 2.05) is 6.92 Å². The number of halogens is 3. The SMILES string of the molecule is CC(O)CC(C)CNC(=O)Cn1c(C(F)(F)F)nc2ccccc21. The summed E-state index contributed by atoms with van der Waals surface area (Å²) >= 11 is 0. The predicted octanol–water partition coefficient (Wildman–Crippen LogP) is 2.58. The topological polar surface area (TPSA) is 67.2 Å². The van der Waals surface area contributed by atoms with Gasteiger partial charge in [0.2, 0.25) is 11.7 Å². The third kappa shape index (κ3) is 4.47. The molecule has 0 saturated carbocycles. The van der Waals surface area contributed by atoms with Gasteiger partial charge in [0.25, 0.3) is 0 Å². The summed E-state index contributed by atoms with van der Waals surface area (Å²) in [5.41, 5.74) is 0.456. The Labute approximate surface area is 137 Å². The number of aliphatic hydroxyl groups excluding tert-OH is 1. The normalized spacial score (nSPS) is 14.6. The Kier molecular flexibility index (Phi) is 5.48. The predicted molar refractivity (Wildman–Crippen MR) is 83.2 cm³/mol. The highest BCUT2D eigenvalue weighted by atomic mass is 19.4. The van der Waals surface area contributed by atoms with Gasteiger partial charge in [-0.15, -0.1) is 0 Å². The summed E-state index contributed by atoms with van der Waals surface area (Å²) in [5, 5.41) is 11.9. The van der Waals surface area contributed by atoms with Gasteiger partial charge in [0.15, 0.2) is 0 Å². The maximum Gasteiger partial charge on any atom is 0.449 e. The first-order valence-electron chi connectivity index (χ1n) is 7.65. The number of alkyl halides is 3. The van der Waals surface area contributed by atoms with Crippen LogP contribution < -0.4 is 5.32 Å². The van der Waals surface area contributed by atoms with Gasteiger partial charge >= 0.3 is 6.18 Å². The number of amides is 1. The number of aromatic nitrogens is 2. The van der Waals surface area contributed by atoms with Crippen molar-refractivity contribution in [2.24, 2.45) is 5.92 Å². The van der Waals surface area contributed by atoms with Crippen LogP contribution >= 0.6 is 0 Å². The Morgan fingerprint density at radius 2 is 2.00 bits per heavy atom. The molecule has 0 saturated heterocycles. The van der Waals surface area contributed by atoms with E-state index in [2.05, 4.69) is 10.3 Å². The summed E-state index contributed by atoms with van der Waals surface area (Å²) in [6.45, 7) is 3.32. The van der Waals surface area contributed by atoms with Crippen LogP contribution in [0.25, 0.3) is 11.0 Å². The fraction of sp³-hybridized carbons (Fsp3) is 0.500. The molecule has 1 amide bonds. The Morgan fingerprint density at radius 3 is 2.62 bits per heavy atom. The summed E-state index contributed by atoms with van der Waals surface area (Å²) in [5.74, 6) is -1.59. The summed E-state index contributed by atoms with van der Waals surface area (Å²) in [4.78, 5) is 15.6. The van der Waals surface area contributed by atoms with E-state index in [1.54, 1.807) is 19.1 Å². The highest BCUT2D eigenvalue weighted by molar-refractivity contribution is 5.81. The Balaban J connectivity index is 2.15. The van der Waals surface area contributed by atoms with Crippen molar-refractivity contribution >= 4 is 16.9 Å². The number of para-hydroxylation sites is 2. The van der Waals surface area contributed by atoms with Crippen LogP contribution in [0.5, 0.6) is 0 Å². The molecule has 1 aromatic heterocycles. The van der Waals surface area contributed by atoms with Crippen molar-refractivity contribution in [1.29, 1.82) is 0 Å². The van der Waals surface area contributed by atoms with Crippen LogP contribution in [0.1, 0.15) is 26.1 Å². The van der Waals surface area contributed by atoms with E-state index in [-0.39, 0.29) is 23.5 Å². The zero-order chi connectivity index (χ0) is 17.9. The second-order valence-electron chi connectivity index (χ2n) is 6.00. The highest BCUT2D eigenvalue weighted by Crippen LogP contribution is 2.31. The lowest BCUT2D eigenvalue weighted by molar-refractivity contribution is -0.147. The number of hydrogen-bond acceptors (Lipinski definition) is 3. The molecular weight excluding hydrogens is 323 g/mol. The second kappa shape index (κ2) is 7.21. The summed E-state index contributed by atoms with van der Waals surface area (Å²) in [6.07, 6.45) is -4.63. The molecule has 2 aromatic rings. The van der Waals surface area contributed by atoms with Gasteiger partial charge in [0.1, 0.15) is 6.54 Å². The summed E-state index contributed by atoms with van der Waals surface area (Å²) in [7, 11) is 0. The number of carbonyl (C=O) groups is 1. The zero-order valence-electron chi connectivity index (χ0n) is 13.5. The first-order valence-corrected chi connectivity index (χ1v) is 7.65. The van der Waals surface area contributed by atoms with Crippen molar-refractivity contribution in [3.05, 3.63) is 30.1 Å². The van der Waals surface area contributed by atoms with Crippen molar-refractivity contribution in [3.63, 3.8) is 0 Å². The third-order valence-corrected chi connectivity index (χ3v) is 3.60. The molecule has 0 spiro atoms. The lowest BCUT2D eigenvalue weighted by Crippen LogP contribution is -2.33. The molecule has 0 aliphatic carbocycles. The third-order valence-electron chi connectivity index (χ3n) is 3.60. The molecule has 8 heteroatoms. The van der Waals surface area contributed by atoms with E-state index in [0.717, 1.165) is 4.57 Å². The molecule has 2 N–H and O–H groups in total. The van der Waals surface area contributed by atoms with Crippen LogP contribution in [0.2, 0.25) is 0 Å². The van der Waals surface area contributed by atoms with Gasteiger partial charge in [-0.1, -0.05) is 19.1 Å². The van der Waals surface area contributed by atoms with Crippen LogP contribution in [0.4, 0.5) is 13.2 Å². The van der Waals surface area contributed by atoms with Crippen molar-refractivity contribution in [3.8, 4) is 0 Å². The molecule has 2 unspecified atom stereocenters. The van der Waals surface area contributed by atoms with Crippen molar-refractivity contribution in [2.75, 3.05) is 6.54 Å². The first-order chi connectivity index (χ1) is 11.2. The summed E-state index contributed by atoms with van der Waals surface area (Å²) < 4.78 is 40.3. The maximum absolute atomic E-state index is 13.2. The molecule has 2 rings (SSSR count). The lowest BCUT2D eigenvalue weighted by Gasteiger charge is -2.15. The van der Waals surface area contributed by atoms with Crippen molar-refractivity contribution in [2.45, 2.75) is 39.1 Å². The average molecular weight is 343 g/mol. The van der Waals surface area contributed by atoms with Crippen LogP contribution in [-0.2, 0) is 17.5 Å². The van der Waals surface area contributed by atoms with Crippen molar-refractivity contribution in [1.82, 2.24) is 14.9 Å². The largest absolute Gasteiger partial charge is 0.449 e. The number of aliphatic hydroxyl groups is 1. The minimum atomic E-state index is -4.64. The molecule has 132 valence electrons. The zero-order valence-corrected chi connectivity index (χ0v) is 13.5. The molecule has 0 radical (unpaired) electrons. The van der Waals surface area contributed by atoms with Crippen LogP contribution in [0.15, 0.2) is 24.3 Å². The molecule has 0 bridgehead atoms. The van der Waals surface area contributed by atoms with Crippen LogP contribution in [0, 0.1) is 5.92 Å². The first kappa shape index (κ1) is 18.3. The van der Waals surface area contributed by atoms with Gasteiger partial charge in [-0.25, -0.2) is 4.98 Å². The minimum absolute atomic E-state index is 0.0237. The highest BCUT2D eigenvalue weighted by Gasteiger charge is 2.37. The summed E-state index contributed by atoms with van der Waals surface area (Å²) in [6, 6.07) is 6.17. The van der Waals surface area contributed by atoms with E-state index in [1.165, 1.54) is 12.1 Å². The number of benzene rings is 1. The molecule has 0 fully saturated rings. The molecule has 1 aromatic carbocycles. The Bertz CT molecular complexity index is 710. The van der Waals surface area contributed by atoms with E-state index >= 15 is 0 Å². The number of nitrogens with zero attached hydrogens (tertiary/aromatic N) is 2. The smallest absolute Gasteiger partial charge is 0.393 e. The van der Waals surface area contributed by atoms with Crippen LogP contribution in [-0.4, -0.2) is 33.2 Å². The number of fused-ring (bicyclic) bond motifs is 1. The number of nitrogens with one attached hydrogen (secondary N) is 1. The molecule has 0 aliphatic rings. The molecule has 1 heterocycles. The van der Waals surface area contributed by atoms with Gasteiger partial charge < -0.3 is 15.0 Å². The second-order valence-corrected chi connectivity index (χ2v) is 6.00. The molecule has 2 atom stereocenters. The average Bonchev–Trinajstić information content (AvgIpc) is 2.84. The van der Waals surface area contributed by atoms with E-state index in [0.29, 0.717) is 6.42 Å². The quantitative estimate of drug-likeness (QED) is 0.847. The van der Waals surface area contributed by atoms with Crippen molar-refractivity contribution < 1.29 is 23.1 Å². The van der Waals surface area contributed by atoms with E-state index in [9.17, 15) is 23.1 Å². The number of imidazole rings is 1. The molecule has 5 nitrogen and oxygen atoms in total. The van der Waals surface area contributed by atoms with Gasteiger partial charge in [-0.3, -0.25) is 4.79 Å². The van der Waals surface area contributed by atoms with Gasteiger partial charge in [0, 0.05) is 6.54 Å². The maximum atomic E-state index is 13.2. The lowest BCUT2D eigenvalue weighted by atomic mass is 10.0. The number of rotatable bonds is 6. The van der Waals surface area contributed by atoms with Gasteiger partial charge in [0.05, 0.1) is 17.1 Å². The molecular formula is C16H20F3N3O2. The van der Waals surface area contributed by atoms with E-state index in [4.69, 9.17) is 0 Å². The van der Waals surface area contributed by atoms with Gasteiger partial charge in [-0.05, 0) is 31.4 Å². The van der Waals surface area contributed by atoms with E-state index < -0.39 is 30.6 Å². The fourth-order valence-electron chi connectivity index (χ4n) is 2.61. The fourth-order valence-corrected chi connectivity index (χ4v) is 2.61. The number of carbonyl (C=O) groups excluding carboxylic acids is 1. The Hall–Kier alpha value is -2.09. The van der Waals surface area contributed by atoms with Gasteiger partial charge in [-0.2, -0.15) is 13.2 Å². The van der Waals surface area contributed by atoms with Crippen LogP contribution in [0.3, 0.4) is 0 Å². The molecule has 0 aliphatic heterocycles. The minimum Gasteiger partial charge on any atom is -0.393 e. The Morgan fingerprint density at radius 1 is 1.33 bits per heavy atom. The number of hydrogen-bond donors (Lipinski definition) is 2. The monoisotopic (exact) mass is 343 g/mol.